The largest absolute Gasteiger partial charge is 0.234 e. The van der Waals surface area contributed by atoms with Crippen LogP contribution in [0, 0.1) is 5.82 Å². The van der Waals surface area contributed by atoms with Crippen LogP contribution in [0.1, 0.15) is 12.7 Å². The lowest BCUT2D eigenvalue weighted by atomic mass is 10.2. The second kappa shape index (κ2) is 3.89. The van der Waals surface area contributed by atoms with Gasteiger partial charge in [-0.3, -0.25) is 0 Å². The first kappa shape index (κ1) is 10.3. The van der Waals surface area contributed by atoms with E-state index in [1.54, 1.807) is 10.6 Å². The van der Waals surface area contributed by atoms with Crippen LogP contribution in [0.4, 0.5) is 4.39 Å². The van der Waals surface area contributed by atoms with Gasteiger partial charge in [0.2, 0.25) is 4.96 Å². The van der Waals surface area contributed by atoms with E-state index in [9.17, 15) is 4.39 Å². The Bertz CT molecular complexity index is 673. The quantitative estimate of drug-likeness (QED) is 0.700. The molecule has 17 heavy (non-hydrogen) atoms. The van der Waals surface area contributed by atoms with E-state index in [2.05, 4.69) is 15.3 Å². The fourth-order valence-electron chi connectivity index (χ4n) is 1.62. The van der Waals surface area contributed by atoms with Gasteiger partial charge in [-0.15, -0.1) is 10.2 Å². The van der Waals surface area contributed by atoms with Crippen molar-refractivity contribution in [3.8, 4) is 10.6 Å². The minimum Gasteiger partial charge on any atom is -0.207 e. The highest BCUT2D eigenvalue weighted by Gasteiger charge is 2.11. The molecule has 0 spiro atoms. The van der Waals surface area contributed by atoms with Gasteiger partial charge in [-0.2, -0.15) is 9.61 Å². The standard InChI is InChI=1S/C11H9FN4S/c1-2-9-13-14-11-16(9)15-10(17-11)7-4-3-5-8(12)6-7/h3-6H,2H2,1H3. The highest BCUT2D eigenvalue weighted by atomic mass is 32.1. The normalized spacial score (nSPS) is 11.2. The first-order valence-electron chi connectivity index (χ1n) is 5.25. The molecule has 0 radical (unpaired) electrons. The van der Waals surface area contributed by atoms with E-state index in [1.807, 2.05) is 13.0 Å². The van der Waals surface area contributed by atoms with Crippen molar-refractivity contribution in [3.05, 3.63) is 35.9 Å². The van der Waals surface area contributed by atoms with Gasteiger partial charge in [0, 0.05) is 12.0 Å². The Balaban J connectivity index is 2.15. The van der Waals surface area contributed by atoms with Crippen molar-refractivity contribution in [2.75, 3.05) is 0 Å². The van der Waals surface area contributed by atoms with Crippen molar-refractivity contribution in [2.24, 2.45) is 0 Å². The molecule has 0 aliphatic rings. The van der Waals surface area contributed by atoms with Gasteiger partial charge in [0.05, 0.1) is 0 Å². The maximum atomic E-state index is 13.1. The van der Waals surface area contributed by atoms with Gasteiger partial charge in [0.15, 0.2) is 5.82 Å². The molecule has 0 unspecified atom stereocenters. The van der Waals surface area contributed by atoms with E-state index >= 15 is 0 Å². The number of rotatable bonds is 2. The van der Waals surface area contributed by atoms with Crippen LogP contribution in [0.2, 0.25) is 0 Å². The van der Waals surface area contributed by atoms with E-state index in [4.69, 9.17) is 0 Å². The number of fused-ring (bicyclic) bond motifs is 1. The summed E-state index contributed by atoms with van der Waals surface area (Å²) in [5.74, 6) is 0.558. The fraction of sp³-hybridized carbons (Fsp3) is 0.182. The third kappa shape index (κ3) is 1.70. The molecule has 2 aromatic heterocycles. The SMILES string of the molecule is CCc1nnc2sc(-c3cccc(F)c3)nn12. The topological polar surface area (TPSA) is 43.1 Å². The molecule has 1 aromatic carbocycles. The monoisotopic (exact) mass is 248 g/mol. The van der Waals surface area contributed by atoms with Gasteiger partial charge in [-0.25, -0.2) is 4.39 Å². The van der Waals surface area contributed by atoms with Gasteiger partial charge in [0.1, 0.15) is 10.8 Å². The summed E-state index contributed by atoms with van der Waals surface area (Å²) < 4.78 is 14.8. The molecule has 3 rings (SSSR count). The number of hydrogen-bond acceptors (Lipinski definition) is 4. The number of nitrogens with zero attached hydrogens (tertiary/aromatic N) is 4. The summed E-state index contributed by atoms with van der Waals surface area (Å²) in [5, 5.41) is 13.2. The van der Waals surface area contributed by atoms with Gasteiger partial charge >= 0.3 is 0 Å². The van der Waals surface area contributed by atoms with E-state index in [0.29, 0.717) is 0 Å². The summed E-state index contributed by atoms with van der Waals surface area (Å²) in [6.45, 7) is 2.00. The Labute approximate surface area is 101 Å². The van der Waals surface area contributed by atoms with Crippen molar-refractivity contribution in [2.45, 2.75) is 13.3 Å². The van der Waals surface area contributed by atoms with Crippen LogP contribution >= 0.6 is 11.3 Å². The zero-order valence-electron chi connectivity index (χ0n) is 9.09. The molecule has 2 heterocycles. The highest BCUT2D eigenvalue weighted by molar-refractivity contribution is 7.19. The maximum absolute atomic E-state index is 13.1. The van der Waals surface area contributed by atoms with Crippen molar-refractivity contribution < 1.29 is 4.39 Å². The molecule has 4 nitrogen and oxygen atoms in total. The smallest absolute Gasteiger partial charge is 0.207 e. The molecule has 0 saturated carbocycles. The predicted octanol–water partition coefficient (Wildman–Crippen LogP) is 2.55. The van der Waals surface area contributed by atoms with Gasteiger partial charge in [0.25, 0.3) is 0 Å². The molecule has 6 heteroatoms. The number of aromatic nitrogens is 4. The summed E-state index contributed by atoms with van der Waals surface area (Å²) in [7, 11) is 0. The summed E-state index contributed by atoms with van der Waals surface area (Å²) in [6, 6.07) is 6.40. The average molecular weight is 248 g/mol. The Hall–Kier alpha value is -1.82. The minimum atomic E-state index is -0.260. The minimum absolute atomic E-state index is 0.260. The van der Waals surface area contributed by atoms with Gasteiger partial charge in [-0.1, -0.05) is 30.4 Å². The Morgan fingerprint density at radius 3 is 3.00 bits per heavy atom. The number of aryl methyl sites for hydroxylation is 1. The number of benzene rings is 1. The van der Waals surface area contributed by atoms with Crippen LogP contribution < -0.4 is 0 Å². The van der Waals surface area contributed by atoms with Crippen LogP contribution in [-0.2, 0) is 6.42 Å². The molecule has 0 aliphatic carbocycles. The first-order chi connectivity index (χ1) is 8.28. The van der Waals surface area contributed by atoms with E-state index < -0.39 is 0 Å². The first-order valence-corrected chi connectivity index (χ1v) is 6.06. The fourth-order valence-corrected chi connectivity index (χ4v) is 2.47. The second-order valence-electron chi connectivity index (χ2n) is 3.58. The molecule has 0 amide bonds. The van der Waals surface area contributed by atoms with Crippen LogP contribution in [0.3, 0.4) is 0 Å². The molecular formula is C11H9FN4S. The maximum Gasteiger partial charge on any atom is 0.234 e. The van der Waals surface area contributed by atoms with E-state index in [0.717, 1.165) is 27.8 Å². The third-order valence-corrected chi connectivity index (χ3v) is 3.39. The molecule has 0 aliphatic heterocycles. The Morgan fingerprint density at radius 1 is 1.35 bits per heavy atom. The lowest BCUT2D eigenvalue weighted by Crippen LogP contribution is -1.93. The Kier molecular flexibility index (Phi) is 2.36. The van der Waals surface area contributed by atoms with E-state index in [1.165, 1.54) is 23.5 Å². The molecule has 3 aromatic rings. The van der Waals surface area contributed by atoms with Crippen LogP contribution in [-0.4, -0.2) is 19.8 Å². The zero-order valence-corrected chi connectivity index (χ0v) is 9.91. The molecule has 0 saturated heterocycles. The van der Waals surface area contributed by atoms with Crippen molar-refractivity contribution in [1.29, 1.82) is 0 Å². The van der Waals surface area contributed by atoms with Crippen LogP contribution in [0.5, 0.6) is 0 Å². The zero-order chi connectivity index (χ0) is 11.8. The molecule has 86 valence electrons. The molecule has 0 fully saturated rings. The highest BCUT2D eigenvalue weighted by Crippen LogP contribution is 2.25. The van der Waals surface area contributed by atoms with Gasteiger partial charge in [-0.05, 0) is 12.1 Å². The summed E-state index contributed by atoms with van der Waals surface area (Å²) in [4.78, 5) is 0.737. The molecule has 0 atom stereocenters. The van der Waals surface area contributed by atoms with E-state index in [-0.39, 0.29) is 5.82 Å². The van der Waals surface area contributed by atoms with Crippen LogP contribution in [0.25, 0.3) is 15.5 Å². The number of halogens is 1. The number of hydrogen-bond donors (Lipinski definition) is 0. The van der Waals surface area contributed by atoms with Gasteiger partial charge < -0.3 is 0 Å². The molecule has 0 N–H and O–H groups in total. The lowest BCUT2D eigenvalue weighted by Gasteiger charge is -1.94. The molecule has 0 bridgehead atoms. The van der Waals surface area contributed by atoms with Crippen LogP contribution in [0.15, 0.2) is 24.3 Å². The average Bonchev–Trinajstić information content (AvgIpc) is 2.87. The lowest BCUT2D eigenvalue weighted by molar-refractivity contribution is 0.628. The van der Waals surface area contributed by atoms with Crippen molar-refractivity contribution >= 4 is 16.3 Å². The Morgan fingerprint density at radius 2 is 2.24 bits per heavy atom. The van der Waals surface area contributed by atoms with Crippen molar-refractivity contribution in [1.82, 2.24) is 19.8 Å². The second-order valence-corrected chi connectivity index (χ2v) is 4.54. The summed E-state index contributed by atoms with van der Waals surface area (Å²) >= 11 is 1.41. The van der Waals surface area contributed by atoms with Crippen molar-refractivity contribution in [3.63, 3.8) is 0 Å². The summed E-state index contributed by atoms with van der Waals surface area (Å²) in [6.07, 6.45) is 0.771. The third-order valence-electron chi connectivity index (χ3n) is 2.44. The summed E-state index contributed by atoms with van der Waals surface area (Å²) in [5.41, 5.74) is 0.766. The predicted molar refractivity (Wildman–Crippen MR) is 63.4 cm³/mol. The molecular weight excluding hydrogens is 239 g/mol.